The number of rotatable bonds is 8. The maximum atomic E-state index is 14.6. The summed E-state index contributed by atoms with van der Waals surface area (Å²) in [6.07, 6.45) is 7.89. The van der Waals surface area contributed by atoms with Gasteiger partial charge in [0.05, 0.1) is 24.2 Å². The van der Waals surface area contributed by atoms with Crippen molar-refractivity contribution in [2.45, 2.75) is 64.3 Å². The molecule has 4 heterocycles. The molecule has 216 valence electrons. The highest BCUT2D eigenvalue weighted by atomic mass is 16.6. The van der Waals surface area contributed by atoms with Crippen molar-refractivity contribution < 1.29 is 29.0 Å². The molecule has 40 heavy (non-hydrogen) atoms. The lowest BCUT2D eigenvalue weighted by molar-refractivity contribution is -0.158. The summed E-state index contributed by atoms with van der Waals surface area (Å²) in [5.74, 6) is -3.13. The summed E-state index contributed by atoms with van der Waals surface area (Å²) < 4.78 is 12.2. The molecule has 2 amide bonds. The van der Waals surface area contributed by atoms with Crippen LogP contribution in [0.1, 0.15) is 41.0 Å². The number of esters is 1. The molecule has 0 aromatic heterocycles. The Bertz CT molecular complexity index is 1210. The van der Waals surface area contributed by atoms with E-state index in [1.807, 2.05) is 50.3 Å². The van der Waals surface area contributed by atoms with Gasteiger partial charge in [0, 0.05) is 31.0 Å². The highest BCUT2D eigenvalue weighted by Gasteiger charge is 2.75. The minimum absolute atomic E-state index is 0.0842. The van der Waals surface area contributed by atoms with Gasteiger partial charge < -0.3 is 29.3 Å². The number of aliphatic hydroxyl groups excluding tert-OH is 1. The molecule has 1 spiro atoms. The first-order valence-corrected chi connectivity index (χ1v) is 14.5. The topological polar surface area (TPSA) is 99.6 Å². The maximum absolute atomic E-state index is 14.6. The summed E-state index contributed by atoms with van der Waals surface area (Å²) in [5, 5.41) is 10.5. The van der Waals surface area contributed by atoms with Crippen molar-refractivity contribution in [2.24, 2.45) is 17.8 Å². The second kappa shape index (κ2) is 10.7. The summed E-state index contributed by atoms with van der Waals surface area (Å²) in [7, 11) is 0. The van der Waals surface area contributed by atoms with Crippen molar-refractivity contribution in [3.8, 4) is 0 Å². The number of benzene rings is 1. The Morgan fingerprint density at radius 3 is 2.35 bits per heavy atom. The highest BCUT2D eigenvalue weighted by Crippen LogP contribution is 2.58. The molecule has 1 unspecified atom stereocenters. The minimum Gasteiger partial charge on any atom is -0.461 e. The van der Waals surface area contributed by atoms with Crippen molar-refractivity contribution in [3.63, 3.8) is 0 Å². The van der Waals surface area contributed by atoms with E-state index in [2.05, 4.69) is 18.7 Å². The highest BCUT2D eigenvalue weighted by molar-refractivity contribution is 6.06. The largest absolute Gasteiger partial charge is 0.461 e. The molecule has 5 rings (SSSR count). The number of carbonyl (C=O) groups excluding carboxylic acids is 3. The molecule has 2 saturated heterocycles. The fraction of sp³-hybridized carbons (Fsp3) is 0.581. The van der Waals surface area contributed by atoms with E-state index in [0.717, 1.165) is 18.8 Å². The van der Waals surface area contributed by atoms with Gasteiger partial charge in [0.15, 0.2) is 0 Å². The van der Waals surface area contributed by atoms with Gasteiger partial charge in [-0.3, -0.25) is 14.4 Å². The van der Waals surface area contributed by atoms with Crippen LogP contribution >= 0.6 is 0 Å². The summed E-state index contributed by atoms with van der Waals surface area (Å²) >= 11 is 0. The number of cyclic esters (lactones) is 1. The molecule has 2 fully saturated rings. The van der Waals surface area contributed by atoms with Crippen molar-refractivity contribution in [1.82, 2.24) is 4.90 Å². The fourth-order valence-electron chi connectivity index (χ4n) is 7.13. The van der Waals surface area contributed by atoms with Crippen LogP contribution in [0.15, 0.2) is 48.6 Å². The summed E-state index contributed by atoms with van der Waals surface area (Å²) in [6.45, 7) is 11.8. The molecule has 1 aromatic rings. The number of likely N-dealkylation sites (tertiary alicyclic amines) is 1. The third kappa shape index (κ3) is 4.16. The van der Waals surface area contributed by atoms with Crippen LogP contribution in [-0.4, -0.2) is 83.9 Å². The smallest absolute Gasteiger partial charge is 0.313 e. The number of hydrogen-bond acceptors (Lipinski definition) is 7. The second-order valence-electron chi connectivity index (χ2n) is 11.5. The number of ether oxygens (including phenoxy) is 2. The van der Waals surface area contributed by atoms with Gasteiger partial charge in [-0.2, -0.15) is 0 Å². The fourth-order valence-corrected chi connectivity index (χ4v) is 7.13. The maximum Gasteiger partial charge on any atom is 0.313 e. The first-order chi connectivity index (χ1) is 19.2. The van der Waals surface area contributed by atoms with E-state index in [9.17, 15) is 19.5 Å². The minimum atomic E-state index is -1.38. The van der Waals surface area contributed by atoms with Crippen LogP contribution in [0.4, 0.5) is 11.4 Å². The molecule has 9 nitrogen and oxygen atoms in total. The Balaban J connectivity index is 1.62. The number of amides is 2. The molecule has 1 aromatic carbocycles. The van der Waals surface area contributed by atoms with Crippen LogP contribution in [0.2, 0.25) is 0 Å². The summed E-state index contributed by atoms with van der Waals surface area (Å²) in [4.78, 5) is 47.8. The lowest BCUT2D eigenvalue weighted by Crippen LogP contribution is -2.60. The SMILES string of the molecule is CC[C@H](C)[C@H](CO)N1C(=O)[C@@H]2[C@H]3C(=O)OCC=C[C@@]3(C)O[C@@]23C=CCN(c2ccc(N(CC)CC)cc2)C(=O)C13. The van der Waals surface area contributed by atoms with Gasteiger partial charge in [-0.15, -0.1) is 0 Å². The van der Waals surface area contributed by atoms with Crippen LogP contribution in [0.25, 0.3) is 0 Å². The molecule has 7 atom stereocenters. The standard InChI is InChI=1S/C31H41N3O6/c1-6-20(4)23(19-35)34-26-28(37)33(22-13-11-21(12-14-22)32(7-2)8-3)17-9-16-31(26)24(27(34)36)25-29(38)39-18-10-15-30(25,5)40-31/h9-16,20,23-26,35H,6-8,17-19H2,1-5H3/t20-,23-,24-,25-,26?,30+,31-/m0/s1. The first kappa shape index (κ1) is 28.4. The molecular weight excluding hydrogens is 510 g/mol. The zero-order chi connectivity index (χ0) is 28.8. The normalized spacial score (nSPS) is 32.6. The monoisotopic (exact) mass is 551 g/mol. The average Bonchev–Trinajstić information content (AvgIpc) is 3.20. The van der Waals surface area contributed by atoms with Crippen molar-refractivity contribution >= 4 is 29.2 Å². The average molecular weight is 552 g/mol. The number of nitrogens with zero attached hydrogens (tertiary/aromatic N) is 3. The van der Waals surface area contributed by atoms with E-state index < -0.39 is 41.1 Å². The molecule has 4 aliphatic rings. The van der Waals surface area contributed by atoms with Crippen LogP contribution in [0.3, 0.4) is 0 Å². The molecule has 0 radical (unpaired) electrons. The predicted molar refractivity (Wildman–Crippen MR) is 152 cm³/mol. The third-order valence-corrected chi connectivity index (χ3v) is 9.39. The van der Waals surface area contributed by atoms with Gasteiger partial charge in [-0.25, -0.2) is 0 Å². The summed E-state index contributed by atoms with van der Waals surface area (Å²) in [5.41, 5.74) is -0.727. The second-order valence-corrected chi connectivity index (χ2v) is 11.5. The zero-order valence-corrected chi connectivity index (χ0v) is 24.1. The number of hydrogen-bond donors (Lipinski definition) is 1. The van der Waals surface area contributed by atoms with Gasteiger partial charge in [0.1, 0.15) is 24.2 Å². The molecule has 0 aliphatic carbocycles. The Morgan fingerprint density at radius 2 is 1.73 bits per heavy atom. The van der Waals surface area contributed by atoms with Crippen molar-refractivity contribution in [2.75, 3.05) is 42.6 Å². The molecule has 0 saturated carbocycles. The summed E-state index contributed by atoms with van der Waals surface area (Å²) in [6, 6.07) is 6.19. The van der Waals surface area contributed by atoms with Crippen LogP contribution in [-0.2, 0) is 23.9 Å². The van der Waals surface area contributed by atoms with Gasteiger partial charge in [-0.1, -0.05) is 38.5 Å². The quantitative estimate of drug-likeness (QED) is 0.392. The first-order valence-electron chi connectivity index (χ1n) is 14.5. The van der Waals surface area contributed by atoms with Gasteiger partial charge in [0.25, 0.3) is 5.91 Å². The molecule has 9 heteroatoms. The number of carbonyl (C=O) groups is 3. The van der Waals surface area contributed by atoms with E-state index in [4.69, 9.17) is 9.47 Å². The molecule has 4 aliphatic heterocycles. The van der Waals surface area contributed by atoms with E-state index >= 15 is 0 Å². The van der Waals surface area contributed by atoms with Gasteiger partial charge >= 0.3 is 5.97 Å². The number of aliphatic hydroxyl groups is 1. The van der Waals surface area contributed by atoms with Crippen molar-refractivity contribution in [3.05, 3.63) is 48.6 Å². The zero-order valence-electron chi connectivity index (χ0n) is 24.1. The lowest BCUT2D eigenvalue weighted by atomic mass is 9.75. The Labute approximate surface area is 236 Å². The number of fused-ring (bicyclic) bond motifs is 2. The van der Waals surface area contributed by atoms with Crippen molar-refractivity contribution in [1.29, 1.82) is 0 Å². The van der Waals surface area contributed by atoms with E-state index in [-0.39, 0.29) is 37.5 Å². The number of anilines is 2. The van der Waals surface area contributed by atoms with E-state index in [1.54, 1.807) is 24.0 Å². The van der Waals surface area contributed by atoms with Gasteiger partial charge in [0.2, 0.25) is 5.91 Å². The van der Waals surface area contributed by atoms with E-state index in [1.165, 1.54) is 4.90 Å². The Kier molecular flexibility index (Phi) is 7.56. The Morgan fingerprint density at radius 1 is 1.02 bits per heavy atom. The third-order valence-electron chi connectivity index (χ3n) is 9.39. The lowest BCUT2D eigenvalue weighted by Gasteiger charge is -2.41. The molecule has 0 bridgehead atoms. The predicted octanol–water partition coefficient (Wildman–Crippen LogP) is 2.93. The molecular formula is C31H41N3O6. The van der Waals surface area contributed by atoms with Crippen LogP contribution < -0.4 is 9.80 Å². The van der Waals surface area contributed by atoms with Gasteiger partial charge in [-0.05, 0) is 57.0 Å². The van der Waals surface area contributed by atoms with Crippen LogP contribution in [0.5, 0.6) is 0 Å². The van der Waals surface area contributed by atoms with E-state index in [0.29, 0.717) is 12.1 Å². The Hall–Kier alpha value is -3.17. The van der Waals surface area contributed by atoms with Crippen LogP contribution in [0, 0.1) is 17.8 Å². The molecule has 1 N–H and O–H groups in total.